The first kappa shape index (κ1) is 14.1. The van der Waals surface area contributed by atoms with Crippen LogP contribution in [0.3, 0.4) is 0 Å². The van der Waals surface area contributed by atoms with Gasteiger partial charge in [-0.25, -0.2) is 0 Å². The van der Waals surface area contributed by atoms with Gasteiger partial charge in [0.1, 0.15) is 5.75 Å². The molecule has 0 unspecified atom stereocenters. The van der Waals surface area contributed by atoms with Crippen molar-refractivity contribution in [3.8, 4) is 5.75 Å². The second-order valence-electron chi connectivity index (χ2n) is 4.16. The fraction of sp³-hybridized carbons (Fsp3) is 0.0714. The molecule has 6 heteroatoms. The Labute approximate surface area is 117 Å². The largest absolute Gasteiger partial charge is 0.508 e. The Morgan fingerprint density at radius 1 is 1.10 bits per heavy atom. The minimum atomic E-state index is -3.67. The van der Waals surface area contributed by atoms with E-state index in [9.17, 15) is 13.5 Å². The van der Waals surface area contributed by atoms with Gasteiger partial charge in [0.15, 0.2) is 0 Å². The maximum absolute atomic E-state index is 12.0. The van der Waals surface area contributed by atoms with E-state index in [1.165, 1.54) is 24.3 Å². The van der Waals surface area contributed by atoms with Crippen LogP contribution in [0.15, 0.2) is 64.6 Å². The van der Waals surface area contributed by atoms with E-state index in [4.69, 9.17) is 0 Å². The van der Waals surface area contributed by atoms with Crippen molar-refractivity contribution in [2.45, 2.75) is 11.8 Å². The normalized spacial score (nSPS) is 12.2. The lowest BCUT2D eigenvalue weighted by atomic mass is 10.1. The molecule has 0 saturated carbocycles. The van der Waals surface area contributed by atoms with Crippen LogP contribution in [0.25, 0.3) is 0 Å². The standard InChI is InChI=1S/C14H14N2O3S/c1-11(12-6-5-7-13(17)10-12)15-16-20(18,19)14-8-3-2-4-9-14/h2-10,16-17H,1H3/b15-11+. The third kappa shape index (κ3) is 3.36. The molecule has 0 aromatic heterocycles. The minimum absolute atomic E-state index is 0.1000. The zero-order valence-corrected chi connectivity index (χ0v) is 11.6. The number of phenols is 1. The van der Waals surface area contributed by atoms with E-state index in [0.717, 1.165) is 0 Å². The van der Waals surface area contributed by atoms with Crippen molar-refractivity contribution in [2.24, 2.45) is 5.10 Å². The van der Waals surface area contributed by atoms with E-state index in [0.29, 0.717) is 11.3 Å². The average molecular weight is 290 g/mol. The Hall–Kier alpha value is -2.34. The lowest BCUT2D eigenvalue weighted by Crippen LogP contribution is -2.19. The number of hydrazone groups is 1. The van der Waals surface area contributed by atoms with Crippen molar-refractivity contribution < 1.29 is 13.5 Å². The first-order chi connectivity index (χ1) is 9.49. The Morgan fingerprint density at radius 3 is 2.45 bits per heavy atom. The van der Waals surface area contributed by atoms with Crippen LogP contribution in [0, 0.1) is 0 Å². The number of hydrogen-bond donors (Lipinski definition) is 2. The highest BCUT2D eigenvalue weighted by molar-refractivity contribution is 7.89. The molecule has 0 saturated heterocycles. The van der Waals surface area contributed by atoms with Crippen LogP contribution in [-0.4, -0.2) is 19.2 Å². The van der Waals surface area contributed by atoms with Crippen molar-refractivity contribution in [1.82, 2.24) is 4.83 Å². The lowest BCUT2D eigenvalue weighted by molar-refractivity contribution is 0.475. The van der Waals surface area contributed by atoms with Crippen molar-refractivity contribution in [2.75, 3.05) is 0 Å². The van der Waals surface area contributed by atoms with Crippen molar-refractivity contribution >= 4 is 15.7 Å². The monoisotopic (exact) mass is 290 g/mol. The van der Waals surface area contributed by atoms with E-state index in [-0.39, 0.29) is 10.6 Å². The third-order valence-electron chi connectivity index (χ3n) is 2.65. The molecule has 0 aliphatic carbocycles. The number of nitrogens with one attached hydrogen (secondary N) is 1. The summed E-state index contributed by atoms with van der Waals surface area (Å²) in [5.74, 6) is 0.1000. The maximum Gasteiger partial charge on any atom is 0.276 e. The van der Waals surface area contributed by atoms with Crippen molar-refractivity contribution in [3.63, 3.8) is 0 Å². The van der Waals surface area contributed by atoms with Gasteiger partial charge in [-0.15, -0.1) is 0 Å². The van der Waals surface area contributed by atoms with E-state index in [2.05, 4.69) is 9.93 Å². The minimum Gasteiger partial charge on any atom is -0.508 e. The molecule has 0 heterocycles. The fourth-order valence-electron chi connectivity index (χ4n) is 1.58. The third-order valence-corrected chi connectivity index (χ3v) is 3.88. The van der Waals surface area contributed by atoms with Crippen LogP contribution in [0.1, 0.15) is 12.5 Å². The van der Waals surface area contributed by atoms with Crippen LogP contribution >= 0.6 is 0 Å². The first-order valence-electron chi connectivity index (χ1n) is 5.89. The van der Waals surface area contributed by atoms with Gasteiger partial charge in [-0.3, -0.25) is 0 Å². The Kier molecular flexibility index (Phi) is 4.05. The van der Waals surface area contributed by atoms with Crippen LogP contribution in [0.5, 0.6) is 5.75 Å². The molecule has 0 amide bonds. The number of phenolic OH excluding ortho intramolecular Hbond substituents is 1. The first-order valence-corrected chi connectivity index (χ1v) is 7.38. The van der Waals surface area contributed by atoms with Gasteiger partial charge < -0.3 is 5.11 Å². The molecule has 0 aliphatic heterocycles. The molecule has 0 radical (unpaired) electrons. The number of sulfonamides is 1. The van der Waals surface area contributed by atoms with Gasteiger partial charge in [0.2, 0.25) is 0 Å². The summed E-state index contributed by atoms with van der Waals surface area (Å²) >= 11 is 0. The Morgan fingerprint density at radius 2 is 1.80 bits per heavy atom. The Balaban J connectivity index is 2.21. The maximum atomic E-state index is 12.0. The summed E-state index contributed by atoms with van der Waals surface area (Å²) in [6, 6.07) is 14.4. The highest BCUT2D eigenvalue weighted by atomic mass is 32.2. The predicted octanol–water partition coefficient (Wildman–Crippen LogP) is 2.09. The number of benzene rings is 2. The second-order valence-corrected chi connectivity index (χ2v) is 5.82. The molecule has 2 rings (SSSR count). The summed E-state index contributed by atoms with van der Waals surface area (Å²) in [6.45, 7) is 1.66. The van der Waals surface area contributed by atoms with Gasteiger partial charge in [0.05, 0.1) is 10.6 Å². The molecule has 5 nitrogen and oxygen atoms in total. The molecular weight excluding hydrogens is 276 g/mol. The smallest absolute Gasteiger partial charge is 0.276 e. The average Bonchev–Trinajstić information content (AvgIpc) is 2.46. The van der Waals surface area contributed by atoms with Gasteiger partial charge in [-0.05, 0) is 31.2 Å². The number of rotatable bonds is 4. The molecule has 104 valence electrons. The molecule has 0 fully saturated rings. The highest BCUT2D eigenvalue weighted by Gasteiger charge is 2.12. The fourth-order valence-corrected chi connectivity index (χ4v) is 2.45. The van der Waals surface area contributed by atoms with Gasteiger partial charge in [-0.1, -0.05) is 30.3 Å². The number of nitrogens with zero attached hydrogens (tertiary/aromatic N) is 1. The van der Waals surface area contributed by atoms with E-state index in [1.54, 1.807) is 37.3 Å². The highest BCUT2D eigenvalue weighted by Crippen LogP contribution is 2.12. The summed E-state index contributed by atoms with van der Waals surface area (Å²) in [7, 11) is -3.67. The zero-order chi connectivity index (χ0) is 14.6. The molecule has 0 bridgehead atoms. The summed E-state index contributed by atoms with van der Waals surface area (Å²) in [5.41, 5.74) is 1.10. The topological polar surface area (TPSA) is 78.8 Å². The molecule has 0 spiro atoms. The van der Waals surface area contributed by atoms with Gasteiger partial charge in [-0.2, -0.15) is 18.4 Å². The second kappa shape index (κ2) is 5.75. The van der Waals surface area contributed by atoms with Gasteiger partial charge in [0, 0.05) is 5.56 Å². The molecule has 2 aromatic rings. The van der Waals surface area contributed by atoms with Crippen LogP contribution in [0.4, 0.5) is 0 Å². The Bertz CT molecular complexity index is 725. The van der Waals surface area contributed by atoms with Crippen LogP contribution in [-0.2, 0) is 10.0 Å². The summed E-state index contributed by atoms with van der Waals surface area (Å²) in [5, 5.41) is 13.2. The predicted molar refractivity (Wildman–Crippen MR) is 77.1 cm³/mol. The van der Waals surface area contributed by atoms with E-state index < -0.39 is 10.0 Å². The quantitative estimate of drug-likeness (QED) is 0.668. The molecule has 0 atom stereocenters. The zero-order valence-electron chi connectivity index (χ0n) is 10.8. The molecular formula is C14H14N2O3S. The summed E-state index contributed by atoms with van der Waals surface area (Å²) in [4.78, 5) is 2.32. The van der Waals surface area contributed by atoms with Gasteiger partial charge in [0.25, 0.3) is 10.0 Å². The van der Waals surface area contributed by atoms with E-state index in [1.807, 2.05) is 0 Å². The summed E-state index contributed by atoms with van der Waals surface area (Å²) in [6.07, 6.45) is 0. The molecule has 20 heavy (non-hydrogen) atoms. The van der Waals surface area contributed by atoms with Gasteiger partial charge >= 0.3 is 0 Å². The van der Waals surface area contributed by atoms with E-state index >= 15 is 0 Å². The molecule has 2 aromatic carbocycles. The molecule has 0 aliphatic rings. The van der Waals surface area contributed by atoms with Crippen molar-refractivity contribution in [1.29, 1.82) is 0 Å². The lowest BCUT2D eigenvalue weighted by Gasteiger charge is -2.05. The molecule has 2 N–H and O–H groups in total. The van der Waals surface area contributed by atoms with Crippen LogP contribution < -0.4 is 4.83 Å². The number of hydrogen-bond acceptors (Lipinski definition) is 4. The summed E-state index contributed by atoms with van der Waals surface area (Å²) < 4.78 is 23.9. The number of aromatic hydroxyl groups is 1. The van der Waals surface area contributed by atoms with Crippen molar-refractivity contribution in [3.05, 3.63) is 60.2 Å². The van der Waals surface area contributed by atoms with Crippen LogP contribution in [0.2, 0.25) is 0 Å². The SMILES string of the molecule is C/C(=N\NS(=O)(=O)c1ccccc1)c1cccc(O)c1.